The first kappa shape index (κ1) is 18.4. The van der Waals surface area contributed by atoms with Gasteiger partial charge in [0.1, 0.15) is 5.75 Å². The summed E-state index contributed by atoms with van der Waals surface area (Å²) in [5, 5.41) is 20.9. The van der Waals surface area contributed by atoms with Crippen molar-refractivity contribution in [2.45, 2.75) is 44.4 Å². The number of hydrogen-bond acceptors (Lipinski definition) is 4. The lowest BCUT2D eigenvalue weighted by molar-refractivity contribution is -0.271. The van der Waals surface area contributed by atoms with E-state index < -0.39 is 35.2 Å². The van der Waals surface area contributed by atoms with Gasteiger partial charge in [-0.1, -0.05) is 6.07 Å². The number of ether oxygens (including phenoxy) is 2. The highest BCUT2D eigenvalue weighted by molar-refractivity contribution is 5.65. The predicted molar refractivity (Wildman–Crippen MR) is 81.3 cm³/mol. The van der Waals surface area contributed by atoms with E-state index in [0.717, 1.165) is 0 Å². The number of hydrogen-bond donors (Lipinski definition) is 3. The van der Waals surface area contributed by atoms with E-state index >= 15 is 0 Å². The Kier molecular flexibility index (Phi) is 5.29. The number of amides is 1. The number of halogens is 2. The van der Waals surface area contributed by atoms with Gasteiger partial charge in [-0.25, -0.2) is 13.6 Å². The SMILES string of the molecule is CC1(C)OCC(CCc2ccc(O)c(C(F)F)c2)(NC(=O)O)CO1. The molecule has 0 aliphatic carbocycles. The van der Waals surface area contributed by atoms with Gasteiger partial charge in [0, 0.05) is 0 Å². The average molecular weight is 345 g/mol. The third-order valence-corrected chi connectivity index (χ3v) is 3.98. The van der Waals surface area contributed by atoms with Crippen molar-refractivity contribution in [3.63, 3.8) is 0 Å². The number of nitrogens with one attached hydrogen (secondary N) is 1. The van der Waals surface area contributed by atoms with Gasteiger partial charge >= 0.3 is 6.09 Å². The Bertz CT molecular complexity index is 596. The quantitative estimate of drug-likeness (QED) is 0.763. The first-order valence-electron chi connectivity index (χ1n) is 7.51. The minimum atomic E-state index is -2.78. The molecular formula is C16H21F2NO5. The summed E-state index contributed by atoms with van der Waals surface area (Å²) < 4.78 is 36.8. The number of benzene rings is 1. The second-order valence-electron chi connectivity index (χ2n) is 6.38. The zero-order chi connectivity index (χ0) is 18.0. The van der Waals surface area contributed by atoms with E-state index in [0.29, 0.717) is 18.4 Å². The number of carbonyl (C=O) groups is 1. The Morgan fingerprint density at radius 1 is 1.33 bits per heavy atom. The zero-order valence-electron chi connectivity index (χ0n) is 13.5. The van der Waals surface area contributed by atoms with Crippen LogP contribution in [0.2, 0.25) is 0 Å². The van der Waals surface area contributed by atoms with Crippen LogP contribution in [-0.4, -0.2) is 40.8 Å². The minimum Gasteiger partial charge on any atom is -0.507 e. The fourth-order valence-electron chi connectivity index (χ4n) is 2.53. The standard InChI is InChI=1S/C16H21F2NO5/c1-15(2)23-8-16(9-24-15,19-14(21)22)6-5-10-3-4-12(20)11(7-10)13(17)18/h3-4,7,13,19-20H,5-6,8-9H2,1-2H3,(H,21,22). The molecule has 1 fully saturated rings. The number of phenols is 1. The number of aryl methyl sites for hydroxylation is 1. The molecule has 1 saturated heterocycles. The summed E-state index contributed by atoms with van der Waals surface area (Å²) >= 11 is 0. The lowest BCUT2D eigenvalue weighted by Gasteiger charge is -2.43. The summed E-state index contributed by atoms with van der Waals surface area (Å²) in [6.07, 6.45) is -3.35. The first-order chi connectivity index (χ1) is 11.1. The molecule has 1 aromatic carbocycles. The Morgan fingerprint density at radius 3 is 2.50 bits per heavy atom. The third-order valence-electron chi connectivity index (χ3n) is 3.98. The Hall–Kier alpha value is -1.93. The maximum Gasteiger partial charge on any atom is 0.405 e. The fourth-order valence-corrected chi connectivity index (χ4v) is 2.53. The predicted octanol–water partition coefficient (Wildman–Crippen LogP) is 3.05. The highest BCUT2D eigenvalue weighted by atomic mass is 19.3. The van der Waals surface area contributed by atoms with Crippen molar-refractivity contribution in [2.24, 2.45) is 0 Å². The van der Waals surface area contributed by atoms with Gasteiger partial charge in [-0.15, -0.1) is 0 Å². The van der Waals surface area contributed by atoms with Gasteiger partial charge in [0.05, 0.1) is 24.3 Å². The molecule has 0 aromatic heterocycles. The van der Waals surface area contributed by atoms with Gasteiger partial charge in [0.25, 0.3) is 6.43 Å². The maximum absolute atomic E-state index is 12.8. The van der Waals surface area contributed by atoms with Crippen molar-refractivity contribution in [3.05, 3.63) is 29.3 Å². The van der Waals surface area contributed by atoms with Crippen LogP contribution in [0, 0.1) is 0 Å². The van der Waals surface area contributed by atoms with E-state index in [1.807, 2.05) is 0 Å². The number of carboxylic acid groups (broad SMARTS) is 1. The van der Waals surface area contributed by atoms with Crippen LogP contribution in [0.5, 0.6) is 5.75 Å². The highest BCUT2D eigenvalue weighted by Crippen LogP contribution is 2.31. The molecule has 6 nitrogen and oxygen atoms in total. The smallest absolute Gasteiger partial charge is 0.405 e. The molecule has 0 spiro atoms. The summed E-state index contributed by atoms with van der Waals surface area (Å²) in [4.78, 5) is 11.1. The van der Waals surface area contributed by atoms with E-state index in [4.69, 9.17) is 14.6 Å². The van der Waals surface area contributed by atoms with Gasteiger partial charge in [0.15, 0.2) is 5.79 Å². The van der Waals surface area contributed by atoms with E-state index in [1.54, 1.807) is 13.8 Å². The van der Waals surface area contributed by atoms with Crippen LogP contribution < -0.4 is 5.32 Å². The largest absolute Gasteiger partial charge is 0.507 e. The fraction of sp³-hybridized carbons (Fsp3) is 0.562. The van der Waals surface area contributed by atoms with E-state index in [2.05, 4.69) is 5.32 Å². The summed E-state index contributed by atoms with van der Waals surface area (Å²) in [6, 6.07) is 3.97. The molecule has 8 heteroatoms. The van der Waals surface area contributed by atoms with Crippen LogP contribution >= 0.6 is 0 Å². The van der Waals surface area contributed by atoms with Crippen LogP contribution in [0.4, 0.5) is 13.6 Å². The molecular weight excluding hydrogens is 324 g/mol. The summed E-state index contributed by atoms with van der Waals surface area (Å²) in [6.45, 7) is 3.69. The molecule has 0 radical (unpaired) electrons. The summed E-state index contributed by atoms with van der Waals surface area (Å²) in [5.41, 5.74) is -0.825. The number of rotatable bonds is 5. The second-order valence-corrected chi connectivity index (χ2v) is 6.38. The Balaban J connectivity index is 2.11. The van der Waals surface area contributed by atoms with E-state index in [1.165, 1.54) is 18.2 Å². The summed E-state index contributed by atoms with van der Waals surface area (Å²) in [5.74, 6) is -1.26. The number of phenolic OH excluding ortho intramolecular Hbond substituents is 1. The van der Waals surface area contributed by atoms with Crippen molar-refractivity contribution < 1.29 is 33.3 Å². The molecule has 0 atom stereocenters. The molecule has 134 valence electrons. The molecule has 2 rings (SSSR count). The second kappa shape index (κ2) is 6.90. The first-order valence-corrected chi connectivity index (χ1v) is 7.51. The van der Waals surface area contributed by atoms with Gasteiger partial charge < -0.3 is 25.0 Å². The topological polar surface area (TPSA) is 88.0 Å². The zero-order valence-corrected chi connectivity index (χ0v) is 13.5. The molecule has 1 heterocycles. The maximum atomic E-state index is 12.8. The monoisotopic (exact) mass is 345 g/mol. The normalized spacial score (nSPS) is 19.2. The Morgan fingerprint density at radius 2 is 1.96 bits per heavy atom. The van der Waals surface area contributed by atoms with Crippen LogP contribution in [0.15, 0.2) is 18.2 Å². The van der Waals surface area contributed by atoms with Gasteiger partial charge in [-0.3, -0.25) is 0 Å². The third kappa shape index (κ3) is 4.55. The molecule has 0 saturated carbocycles. The number of aromatic hydroxyl groups is 1. The molecule has 0 bridgehead atoms. The van der Waals surface area contributed by atoms with Crippen LogP contribution in [-0.2, 0) is 15.9 Å². The van der Waals surface area contributed by atoms with Crippen molar-refractivity contribution in [1.29, 1.82) is 0 Å². The van der Waals surface area contributed by atoms with Crippen LogP contribution in [0.1, 0.15) is 37.8 Å². The average Bonchev–Trinajstić information content (AvgIpc) is 2.49. The molecule has 1 aliphatic rings. The van der Waals surface area contributed by atoms with Gasteiger partial charge in [-0.2, -0.15) is 0 Å². The summed E-state index contributed by atoms with van der Waals surface area (Å²) in [7, 11) is 0. The Labute approximate surface area is 138 Å². The lowest BCUT2D eigenvalue weighted by atomic mass is 9.91. The molecule has 3 N–H and O–H groups in total. The minimum absolute atomic E-state index is 0.117. The van der Waals surface area contributed by atoms with Crippen molar-refractivity contribution in [3.8, 4) is 5.75 Å². The van der Waals surface area contributed by atoms with Gasteiger partial charge in [-0.05, 0) is 44.4 Å². The molecule has 1 amide bonds. The van der Waals surface area contributed by atoms with Crippen LogP contribution in [0.3, 0.4) is 0 Å². The van der Waals surface area contributed by atoms with Crippen molar-refractivity contribution in [1.82, 2.24) is 5.32 Å². The molecule has 1 aromatic rings. The molecule has 0 unspecified atom stereocenters. The van der Waals surface area contributed by atoms with Crippen molar-refractivity contribution in [2.75, 3.05) is 13.2 Å². The van der Waals surface area contributed by atoms with E-state index in [9.17, 15) is 18.7 Å². The van der Waals surface area contributed by atoms with Gasteiger partial charge in [0.2, 0.25) is 0 Å². The van der Waals surface area contributed by atoms with Crippen LogP contribution in [0.25, 0.3) is 0 Å². The number of alkyl halides is 2. The van der Waals surface area contributed by atoms with Crippen molar-refractivity contribution >= 4 is 6.09 Å². The molecule has 24 heavy (non-hydrogen) atoms. The lowest BCUT2D eigenvalue weighted by Crippen LogP contribution is -2.61. The molecule has 1 aliphatic heterocycles. The highest BCUT2D eigenvalue weighted by Gasteiger charge is 2.41. The van der Waals surface area contributed by atoms with E-state index in [-0.39, 0.29) is 13.2 Å².